The van der Waals surface area contributed by atoms with Gasteiger partial charge in [-0.05, 0) is 12.8 Å². The Bertz CT molecular complexity index is 314. The zero-order chi connectivity index (χ0) is 12.0. The van der Waals surface area contributed by atoms with Crippen LogP contribution in [0.15, 0.2) is 12.4 Å². The van der Waals surface area contributed by atoms with Crippen LogP contribution >= 0.6 is 0 Å². The van der Waals surface area contributed by atoms with E-state index in [-0.39, 0.29) is 0 Å². The standard InChI is InChI=1S/C12H22N4/c1-5-10(3)8-16(6-2)12-7-11(13-4)14-9-15-12/h7,9-10H,5-6,8H2,1-4H3,(H,13,14,15). The summed E-state index contributed by atoms with van der Waals surface area (Å²) in [7, 11) is 1.87. The average Bonchev–Trinajstić information content (AvgIpc) is 2.35. The van der Waals surface area contributed by atoms with Gasteiger partial charge in [-0.2, -0.15) is 0 Å². The van der Waals surface area contributed by atoms with Gasteiger partial charge in [0.05, 0.1) is 0 Å². The lowest BCUT2D eigenvalue weighted by Crippen LogP contribution is -2.28. The Morgan fingerprint density at radius 3 is 2.69 bits per heavy atom. The molecule has 0 bridgehead atoms. The molecule has 0 saturated heterocycles. The first-order valence-electron chi connectivity index (χ1n) is 5.96. The van der Waals surface area contributed by atoms with Crippen LogP contribution in [0, 0.1) is 5.92 Å². The molecule has 4 nitrogen and oxygen atoms in total. The Labute approximate surface area is 98.1 Å². The molecule has 1 N–H and O–H groups in total. The van der Waals surface area contributed by atoms with Crippen LogP contribution < -0.4 is 10.2 Å². The SMILES string of the molecule is CCC(C)CN(CC)c1cc(NC)ncn1. The Morgan fingerprint density at radius 2 is 2.12 bits per heavy atom. The van der Waals surface area contributed by atoms with Crippen LogP contribution in [0.5, 0.6) is 0 Å². The van der Waals surface area contributed by atoms with Crippen LogP contribution in [-0.4, -0.2) is 30.1 Å². The number of hydrogen-bond acceptors (Lipinski definition) is 4. The van der Waals surface area contributed by atoms with E-state index in [2.05, 4.69) is 41.0 Å². The number of rotatable bonds is 6. The molecule has 0 amide bonds. The average molecular weight is 222 g/mol. The van der Waals surface area contributed by atoms with E-state index in [0.29, 0.717) is 5.92 Å². The molecule has 1 rings (SSSR count). The minimum absolute atomic E-state index is 0.688. The molecule has 0 aromatic carbocycles. The third-order valence-corrected chi connectivity index (χ3v) is 2.84. The van der Waals surface area contributed by atoms with Gasteiger partial charge in [-0.25, -0.2) is 9.97 Å². The van der Waals surface area contributed by atoms with E-state index in [0.717, 1.165) is 24.7 Å². The van der Waals surface area contributed by atoms with Crippen molar-refractivity contribution < 1.29 is 0 Å². The van der Waals surface area contributed by atoms with Crippen molar-refractivity contribution in [2.75, 3.05) is 30.4 Å². The third kappa shape index (κ3) is 3.36. The quantitative estimate of drug-likeness (QED) is 0.802. The molecule has 16 heavy (non-hydrogen) atoms. The highest BCUT2D eigenvalue weighted by Crippen LogP contribution is 2.15. The van der Waals surface area contributed by atoms with E-state index in [4.69, 9.17) is 0 Å². The fraction of sp³-hybridized carbons (Fsp3) is 0.667. The largest absolute Gasteiger partial charge is 0.373 e. The molecule has 0 radical (unpaired) electrons. The van der Waals surface area contributed by atoms with E-state index in [9.17, 15) is 0 Å². The van der Waals surface area contributed by atoms with E-state index in [1.807, 2.05) is 13.1 Å². The van der Waals surface area contributed by atoms with Gasteiger partial charge in [0.25, 0.3) is 0 Å². The molecule has 4 heteroatoms. The minimum Gasteiger partial charge on any atom is -0.373 e. The van der Waals surface area contributed by atoms with Gasteiger partial charge in [0, 0.05) is 26.2 Å². The summed E-state index contributed by atoms with van der Waals surface area (Å²) in [5, 5.41) is 3.04. The maximum Gasteiger partial charge on any atom is 0.134 e. The van der Waals surface area contributed by atoms with Crippen molar-refractivity contribution in [3.8, 4) is 0 Å². The van der Waals surface area contributed by atoms with E-state index in [1.54, 1.807) is 6.33 Å². The second-order valence-electron chi connectivity index (χ2n) is 4.06. The maximum atomic E-state index is 4.32. The van der Waals surface area contributed by atoms with Crippen molar-refractivity contribution in [2.45, 2.75) is 27.2 Å². The van der Waals surface area contributed by atoms with Gasteiger partial charge in [0.15, 0.2) is 0 Å². The highest BCUT2D eigenvalue weighted by molar-refractivity contribution is 5.47. The summed E-state index contributed by atoms with van der Waals surface area (Å²) in [5.41, 5.74) is 0. The smallest absolute Gasteiger partial charge is 0.134 e. The maximum absolute atomic E-state index is 4.32. The summed E-state index contributed by atoms with van der Waals surface area (Å²) >= 11 is 0. The van der Waals surface area contributed by atoms with Crippen LogP contribution in [0.1, 0.15) is 27.2 Å². The topological polar surface area (TPSA) is 41.0 Å². The summed E-state index contributed by atoms with van der Waals surface area (Å²) in [6, 6.07) is 1.99. The number of aromatic nitrogens is 2. The summed E-state index contributed by atoms with van der Waals surface area (Å²) in [6.45, 7) is 8.67. The molecule has 0 saturated carbocycles. The van der Waals surface area contributed by atoms with Crippen LogP contribution in [-0.2, 0) is 0 Å². The Balaban J connectivity index is 2.77. The molecular formula is C12H22N4. The Kier molecular flexibility index (Phi) is 5.02. The van der Waals surface area contributed by atoms with Crippen LogP contribution in [0.4, 0.5) is 11.6 Å². The molecule has 0 aliphatic heterocycles. The molecule has 1 atom stereocenters. The fourth-order valence-electron chi connectivity index (χ4n) is 1.55. The van der Waals surface area contributed by atoms with Gasteiger partial charge < -0.3 is 10.2 Å². The van der Waals surface area contributed by atoms with Crippen LogP contribution in [0.25, 0.3) is 0 Å². The lowest BCUT2D eigenvalue weighted by molar-refractivity contribution is 0.545. The highest BCUT2D eigenvalue weighted by atomic mass is 15.2. The van der Waals surface area contributed by atoms with Gasteiger partial charge in [-0.15, -0.1) is 0 Å². The van der Waals surface area contributed by atoms with Gasteiger partial charge >= 0.3 is 0 Å². The monoisotopic (exact) mass is 222 g/mol. The van der Waals surface area contributed by atoms with Gasteiger partial charge in [0.1, 0.15) is 18.0 Å². The zero-order valence-corrected chi connectivity index (χ0v) is 10.7. The van der Waals surface area contributed by atoms with Crippen molar-refractivity contribution in [3.05, 3.63) is 12.4 Å². The van der Waals surface area contributed by atoms with Gasteiger partial charge in [-0.1, -0.05) is 20.3 Å². The predicted molar refractivity (Wildman–Crippen MR) is 68.9 cm³/mol. The Morgan fingerprint density at radius 1 is 1.38 bits per heavy atom. The van der Waals surface area contributed by atoms with E-state index < -0.39 is 0 Å². The van der Waals surface area contributed by atoms with Crippen molar-refractivity contribution >= 4 is 11.6 Å². The lowest BCUT2D eigenvalue weighted by Gasteiger charge is -2.25. The first-order valence-corrected chi connectivity index (χ1v) is 5.96. The number of nitrogens with one attached hydrogen (secondary N) is 1. The fourth-order valence-corrected chi connectivity index (χ4v) is 1.55. The van der Waals surface area contributed by atoms with Gasteiger partial charge in [-0.3, -0.25) is 0 Å². The second kappa shape index (κ2) is 6.30. The van der Waals surface area contributed by atoms with Crippen LogP contribution in [0.3, 0.4) is 0 Å². The molecule has 0 aliphatic rings. The summed E-state index contributed by atoms with van der Waals surface area (Å²) in [6.07, 6.45) is 2.81. The lowest BCUT2D eigenvalue weighted by atomic mass is 10.1. The third-order valence-electron chi connectivity index (χ3n) is 2.84. The highest BCUT2D eigenvalue weighted by Gasteiger charge is 2.09. The molecule has 1 unspecified atom stereocenters. The molecule has 1 aromatic heterocycles. The van der Waals surface area contributed by atoms with Crippen LogP contribution in [0.2, 0.25) is 0 Å². The minimum atomic E-state index is 0.688. The predicted octanol–water partition coefficient (Wildman–Crippen LogP) is 2.39. The molecule has 90 valence electrons. The Hall–Kier alpha value is -1.32. The summed E-state index contributed by atoms with van der Waals surface area (Å²) in [4.78, 5) is 10.7. The van der Waals surface area contributed by atoms with Crippen molar-refractivity contribution in [3.63, 3.8) is 0 Å². The molecule has 1 heterocycles. The number of hydrogen-bond donors (Lipinski definition) is 1. The zero-order valence-electron chi connectivity index (χ0n) is 10.7. The van der Waals surface area contributed by atoms with Gasteiger partial charge in [0.2, 0.25) is 0 Å². The molecule has 0 spiro atoms. The molecule has 0 fully saturated rings. The van der Waals surface area contributed by atoms with E-state index in [1.165, 1.54) is 6.42 Å². The molecule has 1 aromatic rings. The second-order valence-corrected chi connectivity index (χ2v) is 4.06. The summed E-state index contributed by atoms with van der Waals surface area (Å²) < 4.78 is 0. The van der Waals surface area contributed by atoms with Crippen molar-refractivity contribution in [1.29, 1.82) is 0 Å². The van der Waals surface area contributed by atoms with E-state index >= 15 is 0 Å². The first kappa shape index (κ1) is 12.7. The normalized spacial score (nSPS) is 12.2. The molecule has 0 aliphatic carbocycles. The number of nitrogens with zero attached hydrogens (tertiary/aromatic N) is 3. The van der Waals surface area contributed by atoms with Crippen molar-refractivity contribution in [2.24, 2.45) is 5.92 Å². The number of anilines is 2. The van der Waals surface area contributed by atoms with Crippen molar-refractivity contribution in [1.82, 2.24) is 9.97 Å². The first-order chi connectivity index (χ1) is 7.71. The summed E-state index contributed by atoms with van der Waals surface area (Å²) in [5.74, 6) is 2.56. The molecular weight excluding hydrogens is 200 g/mol.